The molecule has 0 aromatic heterocycles. The van der Waals surface area contributed by atoms with Crippen LogP contribution in [0.3, 0.4) is 0 Å². The number of benzene rings is 2. The van der Waals surface area contributed by atoms with Crippen LogP contribution in [-0.4, -0.2) is 16.2 Å². The van der Waals surface area contributed by atoms with Gasteiger partial charge in [0, 0.05) is 50.7 Å². The Morgan fingerprint density at radius 3 is 1.68 bits per heavy atom. The quantitative estimate of drug-likeness (QED) is 0.317. The summed E-state index contributed by atoms with van der Waals surface area (Å²) in [5.41, 5.74) is 1.23. The van der Waals surface area contributed by atoms with Crippen molar-refractivity contribution >= 4 is 49.9 Å². The first-order valence-corrected chi connectivity index (χ1v) is 10.1. The normalized spacial score (nSPS) is 13.4. The van der Waals surface area contributed by atoms with Crippen LogP contribution in [0.25, 0.3) is 0 Å². The highest BCUT2D eigenvalue weighted by molar-refractivity contribution is 14.1. The predicted octanol–water partition coefficient (Wildman–Crippen LogP) is 3.80. The number of ketones is 1. The highest BCUT2D eigenvalue weighted by Gasteiger charge is 2.21. The van der Waals surface area contributed by atoms with Crippen LogP contribution in [0.5, 0.6) is 0 Å². The molecule has 0 fully saturated rings. The maximum Gasteiger partial charge on any atom is 0.222 e. The summed E-state index contributed by atoms with van der Waals surface area (Å²) in [5, 5.41) is 1.40. The van der Waals surface area contributed by atoms with E-state index in [4.69, 9.17) is 0 Å². The highest BCUT2D eigenvalue weighted by Crippen LogP contribution is 2.38. The molecular formula is C17H16IO3P. The van der Waals surface area contributed by atoms with Gasteiger partial charge in [0.2, 0.25) is 3.79 Å². The number of halogens is 1. The third kappa shape index (κ3) is 3.55. The molecule has 22 heavy (non-hydrogen) atoms. The smallest absolute Gasteiger partial charge is 0.222 e. The fraction of sp³-hybridized carbons (Fsp3) is 0.176. The lowest BCUT2D eigenvalue weighted by molar-refractivity contribution is 0.0987. The van der Waals surface area contributed by atoms with Crippen LogP contribution in [0.1, 0.15) is 34.1 Å². The molecule has 2 aromatic carbocycles. The summed E-state index contributed by atoms with van der Waals surface area (Å²) < 4.78 is 13.0. The minimum Gasteiger partial charge on any atom is -0.314 e. The van der Waals surface area contributed by atoms with Gasteiger partial charge in [0.1, 0.15) is 7.14 Å². The van der Waals surface area contributed by atoms with Crippen molar-refractivity contribution in [3.05, 3.63) is 59.7 Å². The summed E-state index contributed by atoms with van der Waals surface area (Å²) in [5.74, 6) is 0.0717. The van der Waals surface area contributed by atoms with Crippen molar-refractivity contribution in [1.82, 2.24) is 0 Å². The van der Waals surface area contributed by atoms with Gasteiger partial charge in [0.15, 0.2) is 5.78 Å². The van der Waals surface area contributed by atoms with Crippen molar-refractivity contribution in [1.29, 1.82) is 0 Å². The topological polar surface area (TPSA) is 51.2 Å². The molecule has 0 amide bonds. The standard InChI is InChI=1S/C17H16IO3P/c1-3-16(19)12-4-8-14(9-5-12)22(2,21)15-10-6-13(7-11-15)17(18)20/h4-11H,3H2,1-2H3. The summed E-state index contributed by atoms with van der Waals surface area (Å²) in [6.07, 6.45) is 0.453. The fourth-order valence-corrected chi connectivity index (χ4v) is 4.26. The van der Waals surface area contributed by atoms with Crippen molar-refractivity contribution in [2.45, 2.75) is 13.3 Å². The van der Waals surface area contributed by atoms with E-state index in [-0.39, 0.29) is 9.57 Å². The molecule has 0 aliphatic carbocycles. The van der Waals surface area contributed by atoms with E-state index in [9.17, 15) is 14.2 Å². The van der Waals surface area contributed by atoms with Crippen LogP contribution in [-0.2, 0) is 4.57 Å². The maximum atomic E-state index is 13.1. The van der Waals surface area contributed by atoms with Crippen molar-refractivity contribution in [2.75, 3.05) is 6.66 Å². The molecule has 0 bridgehead atoms. The third-order valence-corrected chi connectivity index (χ3v) is 6.78. The van der Waals surface area contributed by atoms with E-state index in [1.807, 2.05) is 6.92 Å². The van der Waals surface area contributed by atoms with Gasteiger partial charge in [-0.2, -0.15) is 0 Å². The molecular weight excluding hydrogens is 410 g/mol. The average molecular weight is 426 g/mol. The number of carbonyl (C=O) groups is 2. The molecule has 5 heteroatoms. The van der Waals surface area contributed by atoms with Crippen LogP contribution in [0.15, 0.2) is 48.5 Å². The Morgan fingerprint density at radius 1 is 0.909 bits per heavy atom. The van der Waals surface area contributed by atoms with Gasteiger partial charge in [-0.15, -0.1) is 0 Å². The Morgan fingerprint density at radius 2 is 1.32 bits per heavy atom. The van der Waals surface area contributed by atoms with Gasteiger partial charge >= 0.3 is 0 Å². The van der Waals surface area contributed by atoms with Crippen molar-refractivity contribution < 1.29 is 14.2 Å². The first kappa shape index (κ1) is 17.1. The van der Waals surface area contributed by atoms with E-state index >= 15 is 0 Å². The summed E-state index contributed by atoms with van der Waals surface area (Å²) in [6.45, 7) is 3.52. The van der Waals surface area contributed by atoms with Gasteiger partial charge in [0.25, 0.3) is 0 Å². The Balaban J connectivity index is 2.35. The molecule has 0 spiro atoms. The van der Waals surface area contributed by atoms with E-state index in [0.717, 1.165) is 0 Å². The second kappa shape index (κ2) is 6.88. The van der Waals surface area contributed by atoms with Gasteiger partial charge in [-0.3, -0.25) is 9.59 Å². The van der Waals surface area contributed by atoms with Crippen molar-refractivity contribution in [3.8, 4) is 0 Å². The van der Waals surface area contributed by atoms with Crippen molar-refractivity contribution in [2.24, 2.45) is 0 Å². The molecule has 3 nitrogen and oxygen atoms in total. The summed E-state index contributed by atoms with van der Waals surface area (Å²) in [7, 11) is -2.73. The molecule has 0 saturated carbocycles. The number of carbonyl (C=O) groups excluding carboxylic acids is 2. The highest BCUT2D eigenvalue weighted by atomic mass is 127. The number of rotatable bonds is 5. The molecule has 0 saturated heterocycles. The largest absolute Gasteiger partial charge is 0.314 e. The Labute approximate surface area is 143 Å². The lowest BCUT2D eigenvalue weighted by Gasteiger charge is -2.14. The van der Waals surface area contributed by atoms with Gasteiger partial charge in [0.05, 0.1) is 0 Å². The molecule has 0 heterocycles. The monoisotopic (exact) mass is 426 g/mol. The zero-order valence-corrected chi connectivity index (χ0v) is 15.4. The zero-order valence-electron chi connectivity index (χ0n) is 12.4. The SMILES string of the molecule is CCC(=O)c1ccc(P(C)(=O)c2ccc(C(=O)I)cc2)cc1. The van der Waals surface area contributed by atoms with E-state index in [0.29, 0.717) is 28.2 Å². The van der Waals surface area contributed by atoms with E-state index < -0.39 is 7.14 Å². The molecule has 0 N–H and O–H groups in total. The van der Waals surface area contributed by atoms with Gasteiger partial charge in [-0.1, -0.05) is 43.3 Å². The van der Waals surface area contributed by atoms with E-state index in [1.165, 1.54) is 0 Å². The second-order valence-corrected chi connectivity index (χ2v) is 8.93. The molecule has 114 valence electrons. The zero-order chi connectivity index (χ0) is 16.3. The van der Waals surface area contributed by atoms with Crippen LogP contribution in [0, 0.1) is 0 Å². The van der Waals surface area contributed by atoms with Crippen molar-refractivity contribution in [3.63, 3.8) is 0 Å². The lowest BCUT2D eigenvalue weighted by atomic mass is 10.1. The minimum absolute atomic E-state index is 0.0440. The molecule has 0 aliphatic heterocycles. The van der Waals surface area contributed by atoms with Gasteiger partial charge < -0.3 is 4.57 Å². The van der Waals surface area contributed by atoms with E-state index in [2.05, 4.69) is 0 Å². The second-order valence-electron chi connectivity index (χ2n) is 5.07. The predicted molar refractivity (Wildman–Crippen MR) is 98.7 cm³/mol. The van der Waals surface area contributed by atoms with Gasteiger partial charge in [-0.25, -0.2) is 0 Å². The van der Waals surface area contributed by atoms with E-state index in [1.54, 1.807) is 77.8 Å². The molecule has 0 radical (unpaired) electrons. The Kier molecular flexibility index (Phi) is 5.35. The molecule has 2 rings (SSSR count). The molecule has 0 aliphatic rings. The molecule has 2 aromatic rings. The first-order valence-electron chi connectivity index (χ1n) is 6.88. The number of hydrogen-bond acceptors (Lipinski definition) is 3. The summed E-state index contributed by atoms with van der Waals surface area (Å²) >= 11 is 1.73. The number of hydrogen-bond donors (Lipinski definition) is 0. The maximum absolute atomic E-state index is 13.1. The lowest BCUT2D eigenvalue weighted by Crippen LogP contribution is -2.15. The third-order valence-electron chi connectivity index (χ3n) is 3.59. The van der Waals surface area contributed by atoms with Crippen LogP contribution in [0.2, 0.25) is 0 Å². The van der Waals surface area contributed by atoms with Crippen LogP contribution >= 0.6 is 29.7 Å². The molecule has 1 unspecified atom stereocenters. The van der Waals surface area contributed by atoms with Crippen LogP contribution in [0.4, 0.5) is 0 Å². The fourth-order valence-electron chi connectivity index (χ4n) is 2.16. The summed E-state index contributed by atoms with van der Waals surface area (Å²) in [4.78, 5) is 22.9. The van der Waals surface area contributed by atoms with Crippen LogP contribution < -0.4 is 10.6 Å². The molecule has 1 atom stereocenters. The Hall–Kier alpha value is -1.26. The number of Topliss-reactive ketones (excluding diaryl/α,β-unsaturated/α-hetero) is 1. The summed E-state index contributed by atoms with van der Waals surface area (Å²) in [6, 6.07) is 13.8. The Bertz CT molecular complexity index is 748. The minimum atomic E-state index is -2.73. The average Bonchev–Trinajstić information content (AvgIpc) is 2.54. The first-order chi connectivity index (χ1) is 10.4. The van der Waals surface area contributed by atoms with Gasteiger partial charge in [-0.05, 0) is 18.8 Å².